The van der Waals surface area contributed by atoms with E-state index in [1.165, 1.54) is 41.5 Å². The van der Waals surface area contributed by atoms with E-state index in [1.807, 2.05) is 0 Å². The lowest BCUT2D eigenvalue weighted by Crippen LogP contribution is -2.37. The Morgan fingerprint density at radius 1 is 1.34 bits per heavy atom. The summed E-state index contributed by atoms with van der Waals surface area (Å²) in [5, 5.41) is 13.2. The summed E-state index contributed by atoms with van der Waals surface area (Å²) in [4.78, 5) is 35.8. The fourth-order valence-electron chi connectivity index (χ4n) is 2.44. The second-order valence-electron chi connectivity index (χ2n) is 5.89. The van der Waals surface area contributed by atoms with Crippen LogP contribution in [-0.2, 0) is 24.3 Å². The van der Waals surface area contributed by atoms with Crippen LogP contribution in [0.4, 0.5) is 11.4 Å². The molecule has 1 aromatic rings. The van der Waals surface area contributed by atoms with Crippen LogP contribution in [0.1, 0.15) is 0 Å². The Hall–Kier alpha value is -3.06. The standard InChI is InChI=1S/C16H13BrN4O7S/c17-12-7-11(21(24)25)2-3-13(12)18-15(22)9-28-16(23)10-1-4-14-19-29(26,27)6-5-20(14)8-10/h1-4,7-8H,5-6,9H2,(H,18,22). The number of rotatable bonds is 5. The number of amidine groups is 1. The number of fused-ring (bicyclic) bond motifs is 1. The topological polar surface area (TPSA) is 148 Å². The summed E-state index contributed by atoms with van der Waals surface area (Å²) in [6.07, 6.45) is 4.13. The molecule has 1 N–H and O–H groups in total. The zero-order valence-electron chi connectivity index (χ0n) is 14.6. The highest BCUT2D eigenvalue weighted by Crippen LogP contribution is 2.27. The first-order valence-corrected chi connectivity index (χ1v) is 10.4. The van der Waals surface area contributed by atoms with Crippen LogP contribution in [0.2, 0.25) is 0 Å². The number of carbonyl (C=O) groups is 2. The maximum atomic E-state index is 12.2. The Kier molecular flexibility index (Phi) is 5.79. The predicted octanol–water partition coefficient (Wildman–Crippen LogP) is 1.34. The third-order valence-electron chi connectivity index (χ3n) is 3.83. The van der Waals surface area contributed by atoms with Gasteiger partial charge in [-0.05, 0) is 34.1 Å². The summed E-state index contributed by atoms with van der Waals surface area (Å²) in [5.41, 5.74) is 0.266. The lowest BCUT2D eigenvalue weighted by Gasteiger charge is -2.26. The number of nitro benzene ring substituents is 1. The number of halogens is 1. The molecule has 2 aliphatic rings. The molecule has 0 saturated heterocycles. The molecule has 0 atom stereocenters. The number of esters is 1. The fraction of sp³-hybridized carbons (Fsp3) is 0.188. The number of sulfonamides is 1. The second-order valence-corrected chi connectivity index (χ2v) is 8.50. The molecule has 3 rings (SSSR count). The van der Waals surface area contributed by atoms with Gasteiger partial charge in [-0.1, -0.05) is 0 Å². The van der Waals surface area contributed by atoms with E-state index in [9.17, 15) is 28.1 Å². The van der Waals surface area contributed by atoms with Crippen molar-refractivity contribution in [2.75, 3.05) is 24.2 Å². The van der Waals surface area contributed by atoms with Crippen LogP contribution in [-0.4, -0.2) is 54.9 Å². The molecule has 11 nitrogen and oxygen atoms in total. The van der Waals surface area contributed by atoms with E-state index in [0.717, 1.165) is 0 Å². The van der Waals surface area contributed by atoms with Crippen molar-refractivity contribution < 1.29 is 27.7 Å². The van der Waals surface area contributed by atoms with E-state index < -0.39 is 33.4 Å². The first-order valence-electron chi connectivity index (χ1n) is 8.05. The average Bonchev–Trinajstić information content (AvgIpc) is 2.66. The molecule has 1 aromatic carbocycles. The number of benzene rings is 1. The van der Waals surface area contributed by atoms with Crippen LogP contribution in [0.5, 0.6) is 0 Å². The van der Waals surface area contributed by atoms with Crippen LogP contribution in [0.25, 0.3) is 0 Å². The number of amides is 1. The van der Waals surface area contributed by atoms with E-state index in [0.29, 0.717) is 4.47 Å². The van der Waals surface area contributed by atoms with Crippen molar-refractivity contribution >= 4 is 55.0 Å². The highest BCUT2D eigenvalue weighted by molar-refractivity contribution is 9.10. The van der Waals surface area contributed by atoms with E-state index in [2.05, 4.69) is 25.6 Å². The van der Waals surface area contributed by atoms with Gasteiger partial charge in [0.2, 0.25) is 0 Å². The number of hydrogen-bond acceptors (Lipinski definition) is 8. The molecule has 2 aliphatic heterocycles. The van der Waals surface area contributed by atoms with Crippen LogP contribution in [0.3, 0.4) is 0 Å². The number of non-ortho nitro benzene ring substituents is 1. The van der Waals surface area contributed by atoms with Crippen molar-refractivity contribution in [2.24, 2.45) is 4.40 Å². The molecule has 1 amide bonds. The van der Waals surface area contributed by atoms with Crippen LogP contribution < -0.4 is 5.32 Å². The van der Waals surface area contributed by atoms with Gasteiger partial charge < -0.3 is 15.0 Å². The van der Waals surface area contributed by atoms with Crippen molar-refractivity contribution in [1.82, 2.24) is 4.90 Å². The largest absolute Gasteiger partial charge is 0.452 e. The van der Waals surface area contributed by atoms with Crippen molar-refractivity contribution in [2.45, 2.75) is 0 Å². The van der Waals surface area contributed by atoms with E-state index >= 15 is 0 Å². The smallest absolute Gasteiger partial charge is 0.340 e. The number of nitro groups is 1. The molecule has 0 bridgehead atoms. The minimum absolute atomic E-state index is 0.132. The predicted molar refractivity (Wildman–Crippen MR) is 106 cm³/mol. The Morgan fingerprint density at radius 2 is 2.10 bits per heavy atom. The molecular weight excluding hydrogens is 472 g/mol. The van der Waals surface area contributed by atoms with E-state index in [-0.39, 0.29) is 35.1 Å². The van der Waals surface area contributed by atoms with Gasteiger partial charge in [-0.15, -0.1) is 4.40 Å². The molecule has 0 radical (unpaired) electrons. The molecular formula is C16H13BrN4O7S. The van der Waals surface area contributed by atoms with Gasteiger partial charge in [-0.25, -0.2) is 13.2 Å². The average molecular weight is 485 g/mol. The van der Waals surface area contributed by atoms with Crippen LogP contribution >= 0.6 is 15.9 Å². The fourth-order valence-corrected chi connectivity index (χ4v) is 3.88. The number of nitrogens with one attached hydrogen (secondary N) is 1. The Morgan fingerprint density at radius 3 is 2.79 bits per heavy atom. The molecule has 29 heavy (non-hydrogen) atoms. The van der Waals surface area contributed by atoms with Crippen molar-refractivity contribution in [3.63, 3.8) is 0 Å². The molecule has 0 unspecified atom stereocenters. The zero-order valence-corrected chi connectivity index (χ0v) is 17.0. The summed E-state index contributed by atoms with van der Waals surface area (Å²) in [7, 11) is -3.50. The highest BCUT2D eigenvalue weighted by atomic mass is 79.9. The monoisotopic (exact) mass is 484 g/mol. The zero-order chi connectivity index (χ0) is 21.2. The molecule has 0 saturated carbocycles. The van der Waals surface area contributed by atoms with Crippen LogP contribution in [0.15, 0.2) is 51.0 Å². The Labute approximate surface area is 173 Å². The minimum atomic E-state index is -3.50. The maximum Gasteiger partial charge on any atom is 0.340 e. The Balaban J connectivity index is 1.57. The van der Waals surface area contributed by atoms with Gasteiger partial charge in [0.15, 0.2) is 6.61 Å². The quantitative estimate of drug-likeness (QED) is 0.373. The lowest BCUT2D eigenvalue weighted by molar-refractivity contribution is -0.384. The van der Waals surface area contributed by atoms with Crippen molar-refractivity contribution in [1.29, 1.82) is 0 Å². The molecule has 152 valence electrons. The first kappa shape index (κ1) is 20.7. The minimum Gasteiger partial charge on any atom is -0.452 e. The number of anilines is 1. The molecule has 0 aliphatic carbocycles. The molecule has 2 heterocycles. The van der Waals surface area contributed by atoms with Gasteiger partial charge in [-0.3, -0.25) is 14.9 Å². The first-order chi connectivity index (χ1) is 13.6. The number of hydrogen-bond donors (Lipinski definition) is 1. The van der Waals surface area contributed by atoms with Gasteiger partial charge in [0.1, 0.15) is 5.84 Å². The SMILES string of the molecule is O=C(COC(=O)C1=CN2CCS(=O)(=O)N=C2C=C1)Nc1ccc([N+](=O)[O-])cc1Br. The highest BCUT2D eigenvalue weighted by Gasteiger charge is 2.25. The number of carbonyl (C=O) groups excluding carboxylic acids is 2. The molecule has 13 heteroatoms. The Bertz CT molecular complexity index is 1090. The molecule has 0 aromatic heterocycles. The maximum absolute atomic E-state index is 12.2. The van der Waals surface area contributed by atoms with Crippen molar-refractivity contribution in [3.8, 4) is 0 Å². The summed E-state index contributed by atoms with van der Waals surface area (Å²) in [6.45, 7) is -0.431. The van der Waals surface area contributed by atoms with Crippen molar-refractivity contribution in [3.05, 3.63) is 56.7 Å². The van der Waals surface area contributed by atoms with Gasteiger partial charge in [0.25, 0.3) is 21.6 Å². The normalized spacial score (nSPS) is 16.9. The number of nitrogens with zero attached hydrogens (tertiary/aromatic N) is 3. The summed E-state index contributed by atoms with van der Waals surface area (Å²) < 4.78 is 31.8. The summed E-state index contributed by atoms with van der Waals surface area (Å²) in [5.74, 6) is -1.38. The van der Waals surface area contributed by atoms with Gasteiger partial charge in [0, 0.05) is 29.4 Å². The van der Waals surface area contributed by atoms with Gasteiger partial charge in [-0.2, -0.15) is 0 Å². The van der Waals surface area contributed by atoms with E-state index in [1.54, 1.807) is 0 Å². The number of ether oxygens (including phenoxy) is 1. The third kappa shape index (κ3) is 5.06. The molecule has 0 fully saturated rings. The van der Waals surface area contributed by atoms with E-state index in [4.69, 9.17) is 4.74 Å². The molecule has 0 spiro atoms. The van der Waals surface area contributed by atoms with Gasteiger partial charge in [0.05, 0.1) is 21.9 Å². The lowest BCUT2D eigenvalue weighted by atomic mass is 10.2. The third-order valence-corrected chi connectivity index (χ3v) is 5.65. The van der Waals surface area contributed by atoms with Crippen LogP contribution in [0, 0.1) is 10.1 Å². The second kappa shape index (κ2) is 8.13. The van der Waals surface area contributed by atoms with Gasteiger partial charge >= 0.3 is 5.97 Å². The summed E-state index contributed by atoms with van der Waals surface area (Å²) >= 11 is 3.12. The summed E-state index contributed by atoms with van der Waals surface area (Å²) in [6, 6.07) is 3.80.